The fourth-order valence-corrected chi connectivity index (χ4v) is 4.56. The summed E-state index contributed by atoms with van der Waals surface area (Å²) in [6.07, 6.45) is 4.17. The highest BCUT2D eigenvalue weighted by molar-refractivity contribution is 5.89. The monoisotopic (exact) mass is 417 g/mol. The molecule has 0 saturated carbocycles. The van der Waals surface area contributed by atoms with Gasteiger partial charge in [0.25, 0.3) is 0 Å². The van der Waals surface area contributed by atoms with E-state index >= 15 is 0 Å². The Kier molecular flexibility index (Phi) is 6.54. The summed E-state index contributed by atoms with van der Waals surface area (Å²) in [6.45, 7) is 8.55. The molecule has 0 N–H and O–H groups in total. The van der Waals surface area contributed by atoms with Gasteiger partial charge in [-0.3, -0.25) is 9.80 Å². The van der Waals surface area contributed by atoms with Crippen molar-refractivity contribution in [2.45, 2.75) is 39.0 Å². The number of benzene rings is 2. The minimum absolute atomic E-state index is 0.289. The zero-order valence-electron chi connectivity index (χ0n) is 18.6. The van der Waals surface area contributed by atoms with Crippen molar-refractivity contribution in [3.8, 4) is 5.69 Å². The Morgan fingerprint density at radius 2 is 1.58 bits per heavy atom. The molecule has 1 aliphatic rings. The van der Waals surface area contributed by atoms with Crippen molar-refractivity contribution in [2.75, 3.05) is 20.2 Å². The molecule has 2 aromatic carbocycles. The molecule has 1 fully saturated rings. The Balaban J connectivity index is 1.38. The van der Waals surface area contributed by atoms with Crippen LogP contribution in [0.15, 0.2) is 73.1 Å². The molecule has 5 nitrogen and oxygen atoms in total. The summed E-state index contributed by atoms with van der Waals surface area (Å²) in [5.41, 5.74) is 4.37. The quantitative estimate of drug-likeness (QED) is 0.559. The van der Waals surface area contributed by atoms with Gasteiger partial charge in [-0.2, -0.15) is 0 Å². The van der Waals surface area contributed by atoms with Gasteiger partial charge in [-0.1, -0.05) is 24.3 Å². The summed E-state index contributed by atoms with van der Waals surface area (Å²) >= 11 is 0. The summed E-state index contributed by atoms with van der Waals surface area (Å²) < 4.78 is 6.94. The SMILES string of the molecule is COC(=O)c1ccc(CN2[C@H](C)CN(Cc3cccc(-n4cccc4)c3)C[C@@H]2C)cc1. The molecule has 0 spiro atoms. The first-order chi connectivity index (χ1) is 15.0. The van der Waals surface area contributed by atoms with Gasteiger partial charge in [-0.05, 0) is 61.4 Å². The Morgan fingerprint density at radius 3 is 2.23 bits per heavy atom. The number of carbonyl (C=O) groups excluding carboxylic acids is 1. The van der Waals surface area contributed by atoms with E-state index in [2.05, 4.69) is 77.0 Å². The van der Waals surface area contributed by atoms with Crippen LogP contribution in [0.4, 0.5) is 0 Å². The lowest BCUT2D eigenvalue weighted by Gasteiger charge is -2.44. The number of carbonyl (C=O) groups is 1. The largest absolute Gasteiger partial charge is 0.465 e. The molecule has 162 valence electrons. The second kappa shape index (κ2) is 9.50. The standard InChI is InChI=1S/C26H31N3O2/c1-20-16-27(18-23-7-6-8-25(15-23)28-13-4-5-14-28)17-21(2)29(20)19-22-9-11-24(12-10-22)26(30)31-3/h4-15,20-21H,16-19H2,1-3H3/t20-,21+. The summed E-state index contributed by atoms with van der Waals surface area (Å²) in [5, 5.41) is 0. The Morgan fingerprint density at radius 1 is 0.903 bits per heavy atom. The van der Waals surface area contributed by atoms with Crippen LogP contribution in [-0.2, 0) is 17.8 Å². The summed E-state index contributed by atoms with van der Waals surface area (Å²) in [7, 11) is 1.41. The lowest BCUT2D eigenvalue weighted by Crippen LogP contribution is -2.55. The fraction of sp³-hybridized carbons (Fsp3) is 0.346. The molecular weight excluding hydrogens is 386 g/mol. The highest BCUT2D eigenvalue weighted by atomic mass is 16.5. The van der Waals surface area contributed by atoms with Crippen LogP contribution < -0.4 is 0 Å². The molecule has 0 radical (unpaired) electrons. The maximum absolute atomic E-state index is 11.7. The van der Waals surface area contributed by atoms with E-state index in [9.17, 15) is 4.79 Å². The third-order valence-electron chi connectivity index (χ3n) is 6.14. The van der Waals surface area contributed by atoms with Crippen molar-refractivity contribution in [2.24, 2.45) is 0 Å². The summed E-state index contributed by atoms with van der Waals surface area (Å²) in [5.74, 6) is -0.289. The maximum atomic E-state index is 11.7. The van der Waals surface area contributed by atoms with Gasteiger partial charge in [0.1, 0.15) is 0 Å². The summed E-state index contributed by atoms with van der Waals surface area (Å²) in [6, 6.07) is 21.6. The van der Waals surface area contributed by atoms with E-state index < -0.39 is 0 Å². The molecule has 0 unspecified atom stereocenters. The zero-order chi connectivity index (χ0) is 21.8. The minimum atomic E-state index is -0.289. The third kappa shape index (κ3) is 5.06. The number of aromatic nitrogens is 1. The molecule has 2 heterocycles. The molecule has 3 aromatic rings. The van der Waals surface area contributed by atoms with Crippen LogP contribution in [0.2, 0.25) is 0 Å². The molecule has 1 saturated heterocycles. The van der Waals surface area contributed by atoms with Crippen LogP contribution in [0.3, 0.4) is 0 Å². The van der Waals surface area contributed by atoms with E-state index in [0.29, 0.717) is 17.6 Å². The highest BCUT2D eigenvalue weighted by Gasteiger charge is 2.29. The number of hydrogen-bond donors (Lipinski definition) is 0. The average molecular weight is 418 g/mol. The van der Waals surface area contributed by atoms with Crippen molar-refractivity contribution in [1.29, 1.82) is 0 Å². The number of esters is 1. The predicted octanol–water partition coefficient (Wildman–Crippen LogP) is 4.36. The maximum Gasteiger partial charge on any atom is 0.337 e. The van der Waals surface area contributed by atoms with Gasteiger partial charge in [0.15, 0.2) is 0 Å². The predicted molar refractivity (Wildman–Crippen MR) is 123 cm³/mol. The van der Waals surface area contributed by atoms with Gasteiger partial charge >= 0.3 is 5.97 Å². The van der Waals surface area contributed by atoms with Crippen LogP contribution in [0, 0.1) is 0 Å². The summed E-state index contributed by atoms with van der Waals surface area (Å²) in [4.78, 5) is 16.8. The van der Waals surface area contributed by atoms with Crippen molar-refractivity contribution < 1.29 is 9.53 Å². The second-order valence-electron chi connectivity index (χ2n) is 8.51. The van der Waals surface area contributed by atoms with Gasteiger partial charge in [-0.25, -0.2) is 4.79 Å². The van der Waals surface area contributed by atoms with Crippen LogP contribution in [0.25, 0.3) is 5.69 Å². The van der Waals surface area contributed by atoms with E-state index in [0.717, 1.165) is 26.2 Å². The first-order valence-corrected chi connectivity index (χ1v) is 10.9. The number of methoxy groups -OCH3 is 1. The number of rotatable bonds is 6. The van der Waals surface area contributed by atoms with Crippen LogP contribution in [-0.4, -0.2) is 52.6 Å². The number of hydrogen-bond acceptors (Lipinski definition) is 4. The van der Waals surface area contributed by atoms with E-state index in [4.69, 9.17) is 4.74 Å². The van der Waals surface area contributed by atoms with Crippen LogP contribution >= 0.6 is 0 Å². The van der Waals surface area contributed by atoms with Crippen molar-refractivity contribution in [3.63, 3.8) is 0 Å². The molecule has 0 amide bonds. The zero-order valence-corrected chi connectivity index (χ0v) is 18.6. The number of ether oxygens (including phenoxy) is 1. The third-order valence-corrected chi connectivity index (χ3v) is 6.14. The normalized spacial score (nSPS) is 20.0. The smallest absolute Gasteiger partial charge is 0.337 e. The van der Waals surface area contributed by atoms with E-state index in [1.54, 1.807) is 0 Å². The van der Waals surface area contributed by atoms with E-state index in [1.165, 1.54) is 23.9 Å². The average Bonchev–Trinajstić information content (AvgIpc) is 3.31. The number of nitrogens with zero attached hydrogens (tertiary/aromatic N) is 3. The molecule has 4 rings (SSSR count). The van der Waals surface area contributed by atoms with Crippen LogP contribution in [0.1, 0.15) is 35.3 Å². The molecule has 0 bridgehead atoms. The van der Waals surface area contributed by atoms with Gasteiger partial charge in [0, 0.05) is 56.3 Å². The first-order valence-electron chi connectivity index (χ1n) is 10.9. The molecule has 1 aromatic heterocycles. The van der Waals surface area contributed by atoms with E-state index in [-0.39, 0.29) is 5.97 Å². The molecule has 31 heavy (non-hydrogen) atoms. The Hall–Kier alpha value is -2.89. The minimum Gasteiger partial charge on any atom is -0.465 e. The van der Waals surface area contributed by atoms with Crippen LogP contribution in [0.5, 0.6) is 0 Å². The first kappa shape index (κ1) is 21.3. The van der Waals surface area contributed by atoms with Crippen molar-refractivity contribution >= 4 is 5.97 Å². The Bertz CT molecular complexity index is 986. The lowest BCUT2D eigenvalue weighted by molar-refractivity contribution is 0.0290. The molecule has 5 heteroatoms. The van der Waals surface area contributed by atoms with E-state index in [1.807, 2.05) is 24.3 Å². The second-order valence-corrected chi connectivity index (χ2v) is 8.51. The highest BCUT2D eigenvalue weighted by Crippen LogP contribution is 2.22. The Labute approximate surface area is 184 Å². The molecular formula is C26H31N3O2. The molecule has 2 atom stereocenters. The van der Waals surface area contributed by atoms with Gasteiger partial charge in [0.05, 0.1) is 12.7 Å². The topological polar surface area (TPSA) is 37.7 Å². The lowest BCUT2D eigenvalue weighted by atomic mass is 10.0. The van der Waals surface area contributed by atoms with Gasteiger partial charge in [0.2, 0.25) is 0 Å². The molecule has 0 aliphatic carbocycles. The van der Waals surface area contributed by atoms with Crippen molar-refractivity contribution in [1.82, 2.24) is 14.4 Å². The van der Waals surface area contributed by atoms with Gasteiger partial charge in [-0.15, -0.1) is 0 Å². The van der Waals surface area contributed by atoms with Gasteiger partial charge < -0.3 is 9.30 Å². The molecule has 1 aliphatic heterocycles. The fourth-order valence-electron chi connectivity index (χ4n) is 4.56. The van der Waals surface area contributed by atoms with Crippen molar-refractivity contribution in [3.05, 3.63) is 89.7 Å². The number of piperazine rings is 1.